The summed E-state index contributed by atoms with van der Waals surface area (Å²) in [6, 6.07) is 0. The molecule has 0 saturated heterocycles. The minimum absolute atomic E-state index is 1.11. The first-order valence-corrected chi connectivity index (χ1v) is 6.42. The third-order valence-electron chi connectivity index (χ3n) is 4.01. The number of hydrogen-bond acceptors (Lipinski definition) is 0. The van der Waals surface area contributed by atoms with Crippen LogP contribution in [0.5, 0.6) is 0 Å². The molecule has 0 radical (unpaired) electrons. The average molecular weight is 182 g/mol. The van der Waals surface area contributed by atoms with E-state index in [-0.39, 0.29) is 0 Å². The predicted molar refractivity (Wildman–Crippen MR) is 59.8 cm³/mol. The van der Waals surface area contributed by atoms with Crippen molar-refractivity contribution in [2.24, 2.45) is 17.8 Å². The second-order valence-electron chi connectivity index (χ2n) is 4.45. The van der Waals surface area contributed by atoms with Crippen molar-refractivity contribution in [3.8, 4) is 0 Å². The lowest BCUT2D eigenvalue weighted by Gasteiger charge is -2.28. The van der Waals surface area contributed by atoms with Crippen molar-refractivity contribution in [2.75, 3.05) is 0 Å². The van der Waals surface area contributed by atoms with Gasteiger partial charge >= 0.3 is 0 Å². The molecule has 0 nitrogen and oxygen atoms in total. The zero-order valence-corrected chi connectivity index (χ0v) is 9.68. The van der Waals surface area contributed by atoms with Crippen LogP contribution in [0.25, 0.3) is 0 Å². The first-order valence-electron chi connectivity index (χ1n) is 6.42. The molecule has 0 spiro atoms. The van der Waals surface area contributed by atoms with Gasteiger partial charge in [0.25, 0.3) is 0 Å². The van der Waals surface area contributed by atoms with Crippen LogP contribution in [0.15, 0.2) is 0 Å². The third kappa shape index (κ3) is 2.48. The normalized spacial score (nSPS) is 37.6. The van der Waals surface area contributed by atoms with Gasteiger partial charge in [0.05, 0.1) is 0 Å². The molecule has 2 aliphatic carbocycles. The Hall–Kier alpha value is 0. The van der Waals surface area contributed by atoms with E-state index in [0.717, 1.165) is 17.8 Å². The fourth-order valence-electron chi connectivity index (χ4n) is 3.36. The van der Waals surface area contributed by atoms with Gasteiger partial charge in [-0.25, -0.2) is 0 Å². The zero-order valence-electron chi connectivity index (χ0n) is 9.68. The highest BCUT2D eigenvalue weighted by Gasteiger charge is 2.35. The molecular formula is C13H26. The summed E-state index contributed by atoms with van der Waals surface area (Å²) < 4.78 is 0. The van der Waals surface area contributed by atoms with Crippen LogP contribution < -0.4 is 0 Å². The summed E-state index contributed by atoms with van der Waals surface area (Å²) in [5.41, 5.74) is 0. The topological polar surface area (TPSA) is 0 Å². The molecule has 0 heterocycles. The minimum atomic E-state index is 1.11. The van der Waals surface area contributed by atoms with Gasteiger partial charge in [0.2, 0.25) is 0 Å². The average Bonchev–Trinajstić information content (AvgIpc) is 2.64. The zero-order chi connectivity index (χ0) is 9.68. The summed E-state index contributed by atoms with van der Waals surface area (Å²) >= 11 is 0. The molecule has 0 N–H and O–H groups in total. The fraction of sp³-hybridized carbons (Fsp3) is 1.00. The molecule has 0 aliphatic heterocycles. The molecule has 0 aromatic heterocycles. The van der Waals surface area contributed by atoms with Gasteiger partial charge in [-0.1, -0.05) is 46.5 Å². The monoisotopic (exact) mass is 182 g/mol. The Labute approximate surface area is 84.1 Å². The minimum Gasteiger partial charge on any atom is -0.0683 e. The summed E-state index contributed by atoms with van der Waals surface area (Å²) in [5.74, 6) is 3.41. The molecule has 2 fully saturated rings. The van der Waals surface area contributed by atoms with E-state index in [4.69, 9.17) is 0 Å². The second-order valence-corrected chi connectivity index (χ2v) is 4.45. The summed E-state index contributed by atoms with van der Waals surface area (Å²) in [7, 11) is 0. The van der Waals surface area contributed by atoms with E-state index in [0.29, 0.717) is 0 Å². The van der Waals surface area contributed by atoms with Crippen LogP contribution in [-0.2, 0) is 0 Å². The van der Waals surface area contributed by atoms with Crippen LogP contribution in [0.2, 0.25) is 0 Å². The highest BCUT2D eigenvalue weighted by molar-refractivity contribution is 4.86. The summed E-state index contributed by atoms with van der Waals surface area (Å²) in [6.07, 6.45) is 10.7. The highest BCUT2D eigenvalue weighted by Crippen LogP contribution is 2.46. The Morgan fingerprint density at radius 3 is 2.31 bits per heavy atom. The molecule has 0 heteroatoms. The molecule has 0 aromatic carbocycles. The largest absolute Gasteiger partial charge is 0.0683 e. The van der Waals surface area contributed by atoms with Crippen molar-refractivity contribution in [2.45, 2.75) is 65.7 Å². The maximum atomic E-state index is 2.38. The van der Waals surface area contributed by atoms with Crippen LogP contribution >= 0.6 is 0 Å². The Kier molecular flexibility index (Phi) is 4.83. The molecule has 78 valence electrons. The highest BCUT2D eigenvalue weighted by atomic mass is 14.4. The molecule has 3 unspecified atom stereocenters. The third-order valence-corrected chi connectivity index (χ3v) is 4.01. The fourth-order valence-corrected chi connectivity index (χ4v) is 3.36. The standard InChI is InChI=1S/C11H20.C2H6/c1-2-9-7-8-10-5-3-4-6-11(9)10;1-2/h9-11H,2-8H2,1H3;1-2H3. The van der Waals surface area contributed by atoms with Gasteiger partial charge in [-0.15, -0.1) is 0 Å². The van der Waals surface area contributed by atoms with Gasteiger partial charge in [-0.3, -0.25) is 0 Å². The van der Waals surface area contributed by atoms with Crippen molar-refractivity contribution in [1.29, 1.82) is 0 Å². The first-order chi connectivity index (χ1) is 6.42. The lowest BCUT2D eigenvalue weighted by atomic mass is 9.77. The van der Waals surface area contributed by atoms with E-state index >= 15 is 0 Å². The summed E-state index contributed by atoms with van der Waals surface area (Å²) in [5, 5.41) is 0. The second kappa shape index (κ2) is 5.67. The van der Waals surface area contributed by atoms with Crippen LogP contribution in [0.3, 0.4) is 0 Å². The Morgan fingerprint density at radius 1 is 0.923 bits per heavy atom. The van der Waals surface area contributed by atoms with Gasteiger partial charge in [-0.2, -0.15) is 0 Å². The molecule has 2 saturated carbocycles. The van der Waals surface area contributed by atoms with Crippen molar-refractivity contribution < 1.29 is 0 Å². The van der Waals surface area contributed by atoms with Crippen molar-refractivity contribution >= 4 is 0 Å². The SMILES string of the molecule is CC.CCC1CCC2CCCCC12. The van der Waals surface area contributed by atoms with E-state index < -0.39 is 0 Å². The lowest BCUT2D eigenvalue weighted by Crippen LogP contribution is -2.18. The van der Waals surface area contributed by atoms with Crippen molar-refractivity contribution in [1.82, 2.24) is 0 Å². The molecule has 2 aliphatic rings. The van der Waals surface area contributed by atoms with Crippen molar-refractivity contribution in [3.63, 3.8) is 0 Å². The number of hydrogen-bond donors (Lipinski definition) is 0. The first kappa shape index (κ1) is 11.1. The van der Waals surface area contributed by atoms with Gasteiger partial charge in [-0.05, 0) is 37.0 Å². The summed E-state index contributed by atoms with van der Waals surface area (Å²) in [6.45, 7) is 6.38. The van der Waals surface area contributed by atoms with Crippen LogP contribution in [0, 0.1) is 17.8 Å². The van der Waals surface area contributed by atoms with Gasteiger partial charge in [0.15, 0.2) is 0 Å². The van der Waals surface area contributed by atoms with Crippen molar-refractivity contribution in [3.05, 3.63) is 0 Å². The lowest BCUT2D eigenvalue weighted by molar-refractivity contribution is 0.224. The smallest absolute Gasteiger partial charge is 0.0358 e. The molecule has 2 rings (SSSR count). The van der Waals surface area contributed by atoms with Crippen LogP contribution in [0.1, 0.15) is 65.7 Å². The van der Waals surface area contributed by atoms with Gasteiger partial charge in [0.1, 0.15) is 0 Å². The van der Waals surface area contributed by atoms with Crippen LogP contribution in [-0.4, -0.2) is 0 Å². The van der Waals surface area contributed by atoms with E-state index in [1.165, 1.54) is 19.3 Å². The van der Waals surface area contributed by atoms with E-state index in [1.54, 1.807) is 25.7 Å². The maximum Gasteiger partial charge on any atom is -0.0358 e. The number of rotatable bonds is 1. The molecule has 0 amide bonds. The maximum absolute atomic E-state index is 2.38. The van der Waals surface area contributed by atoms with E-state index in [1.807, 2.05) is 13.8 Å². The quantitative estimate of drug-likeness (QED) is 0.554. The Morgan fingerprint density at radius 2 is 1.62 bits per heavy atom. The predicted octanol–water partition coefficient (Wildman–Crippen LogP) is 4.64. The molecule has 0 aromatic rings. The molecular weight excluding hydrogens is 156 g/mol. The summed E-state index contributed by atoms with van der Waals surface area (Å²) in [4.78, 5) is 0. The van der Waals surface area contributed by atoms with E-state index in [2.05, 4.69) is 6.92 Å². The Bertz CT molecular complexity index is 122. The van der Waals surface area contributed by atoms with Gasteiger partial charge in [0, 0.05) is 0 Å². The van der Waals surface area contributed by atoms with Gasteiger partial charge < -0.3 is 0 Å². The molecule has 13 heavy (non-hydrogen) atoms. The van der Waals surface area contributed by atoms with E-state index in [9.17, 15) is 0 Å². The van der Waals surface area contributed by atoms with Crippen LogP contribution in [0.4, 0.5) is 0 Å². The molecule has 0 bridgehead atoms. The molecule has 3 atom stereocenters. The number of fused-ring (bicyclic) bond motifs is 1. The Balaban J connectivity index is 0.000000396.